The van der Waals surface area contributed by atoms with Crippen LogP contribution < -0.4 is 0 Å². The summed E-state index contributed by atoms with van der Waals surface area (Å²) in [5.74, 6) is -0.918. The fourth-order valence-corrected chi connectivity index (χ4v) is 2.03. The van der Waals surface area contributed by atoms with Crippen molar-refractivity contribution in [1.82, 2.24) is 0 Å². The van der Waals surface area contributed by atoms with E-state index in [0.29, 0.717) is 18.4 Å². The standard InChI is InChI=1S/C13H16O5S/c1-17-12(15)4-2-3-5-13(16)18-8-11(14)10-6-7-19-9-10/h6-7,9H,2-5,8H2,1H3. The van der Waals surface area contributed by atoms with Crippen LogP contribution in [0.3, 0.4) is 0 Å². The molecule has 6 heteroatoms. The van der Waals surface area contributed by atoms with E-state index < -0.39 is 5.97 Å². The van der Waals surface area contributed by atoms with Crippen molar-refractivity contribution in [2.24, 2.45) is 0 Å². The number of hydrogen-bond donors (Lipinski definition) is 0. The highest BCUT2D eigenvalue weighted by Gasteiger charge is 2.10. The van der Waals surface area contributed by atoms with Crippen LogP contribution in [-0.2, 0) is 19.1 Å². The number of carbonyl (C=O) groups excluding carboxylic acids is 3. The summed E-state index contributed by atoms with van der Waals surface area (Å²) in [6, 6.07) is 1.69. The molecule has 0 aliphatic heterocycles. The van der Waals surface area contributed by atoms with Gasteiger partial charge in [0, 0.05) is 23.8 Å². The fraction of sp³-hybridized carbons (Fsp3) is 0.462. The van der Waals surface area contributed by atoms with Crippen LogP contribution in [0.5, 0.6) is 0 Å². The van der Waals surface area contributed by atoms with E-state index in [1.165, 1.54) is 18.4 Å². The maximum absolute atomic E-state index is 11.5. The Kier molecular flexibility index (Phi) is 6.81. The summed E-state index contributed by atoms with van der Waals surface area (Å²) in [4.78, 5) is 33.7. The molecule has 1 aromatic heterocycles. The Bertz CT molecular complexity index is 424. The Morgan fingerprint density at radius 3 is 2.42 bits per heavy atom. The number of hydrogen-bond acceptors (Lipinski definition) is 6. The van der Waals surface area contributed by atoms with Crippen molar-refractivity contribution in [3.05, 3.63) is 22.4 Å². The van der Waals surface area contributed by atoms with Gasteiger partial charge in [-0.2, -0.15) is 11.3 Å². The zero-order valence-corrected chi connectivity index (χ0v) is 11.5. The highest BCUT2D eigenvalue weighted by molar-refractivity contribution is 7.08. The van der Waals surface area contributed by atoms with Crippen LogP contribution in [0.15, 0.2) is 16.8 Å². The topological polar surface area (TPSA) is 69.7 Å². The molecular weight excluding hydrogens is 268 g/mol. The van der Waals surface area contributed by atoms with Gasteiger partial charge in [0.1, 0.15) is 0 Å². The lowest BCUT2D eigenvalue weighted by atomic mass is 10.2. The molecule has 0 aromatic carbocycles. The van der Waals surface area contributed by atoms with E-state index in [0.717, 1.165) is 0 Å². The van der Waals surface area contributed by atoms with Crippen molar-refractivity contribution in [3.63, 3.8) is 0 Å². The van der Waals surface area contributed by atoms with Gasteiger partial charge in [0.05, 0.1) is 7.11 Å². The lowest BCUT2D eigenvalue weighted by Crippen LogP contribution is -2.13. The van der Waals surface area contributed by atoms with Crippen LogP contribution in [0.1, 0.15) is 36.0 Å². The third kappa shape index (κ3) is 6.15. The molecule has 0 saturated carbocycles. The van der Waals surface area contributed by atoms with Gasteiger partial charge in [0.25, 0.3) is 0 Å². The number of ether oxygens (including phenoxy) is 2. The predicted octanol–water partition coefficient (Wildman–Crippen LogP) is 2.21. The third-order valence-electron chi connectivity index (χ3n) is 2.45. The van der Waals surface area contributed by atoms with Gasteiger partial charge in [0.2, 0.25) is 5.78 Å². The average molecular weight is 284 g/mol. The van der Waals surface area contributed by atoms with E-state index in [1.807, 2.05) is 0 Å². The molecule has 104 valence electrons. The Morgan fingerprint density at radius 2 is 1.84 bits per heavy atom. The van der Waals surface area contributed by atoms with Crippen molar-refractivity contribution in [2.45, 2.75) is 25.7 Å². The van der Waals surface area contributed by atoms with Crippen molar-refractivity contribution in [1.29, 1.82) is 0 Å². The number of unbranched alkanes of at least 4 members (excludes halogenated alkanes) is 1. The Morgan fingerprint density at radius 1 is 1.16 bits per heavy atom. The molecule has 19 heavy (non-hydrogen) atoms. The second-order valence-corrected chi connectivity index (χ2v) is 4.66. The quantitative estimate of drug-likeness (QED) is 0.416. The smallest absolute Gasteiger partial charge is 0.306 e. The van der Waals surface area contributed by atoms with E-state index in [4.69, 9.17) is 4.74 Å². The minimum atomic E-state index is -0.423. The molecule has 0 fully saturated rings. The van der Waals surface area contributed by atoms with E-state index in [2.05, 4.69) is 4.74 Å². The summed E-state index contributed by atoms with van der Waals surface area (Å²) in [5.41, 5.74) is 0.559. The van der Waals surface area contributed by atoms with Crippen LogP contribution in [0.25, 0.3) is 0 Å². The van der Waals surface area contributed by atoms with Crippen LogP contribution in [0.4, 0.5) is 0 Å². The third-order valence-corrected chi connectivity index (χ3v) is 3.13. The fourth-order valence-electron chi connectivity index (χ4n) is 1.37. The molecule has 0 aliphatic rings. The molecule has 0 atom stereocenters. The molecule has 0 aliphatic carbocycles. The minimum Gasteiger partial charge on any atom is -0.469 e. The summed E-state index contributed by atoms with van der Waals surface area (Å²) < 4.78 is 9.34. The molecule has 0 N–H and O–H groups in total. The van der Waals surface area contributed by atoms with Gasteiger partial charge in [0.15, 0.2) is 6.61 Å². The second-order valence-electron chi connectivity index (χ2n) is 3.88. The Hall–Kier alpha value is -1.69. The van der Waals surface area contributed by atoms with Gasteiger partial charge in [-0.3, -0.25) is 14.4 Å². The molecular formula is C13H16O5S. The van der Waals surface area contributed by atoms with Crippen LogP contribution in [-0.4, -0.2) is 31.4 Å². The van der Waals surface area contributed by atoms with Gasteiger partial charge < -0.3 is 9.47 Å². The number of rotatable bonds is 8. The lowest BCUT2D eigenvalue weighted by molar-refractivity contribution is -0.144. The van der Waals surface area contributed by atoms with Crippen molar-refractivity contribution >= 4 is 29.1 Å². The Balaban J connectivity index is 2.11. The van der Waals surface area contributed by atoms with Crippen molar-refractivity contribution in [2.75, 3.05) is 13.7 Å². The first-order chi connectivity index (χ1) is 9.13. The second kappa shape index (κ2) is 8.42. The molecule has 1 rings (SSSR count). The summed E-state index contributed by atoms with van der Waals surface area (Å²) in [6.45, 7) is -0.230. The molecule has 1 aromatic rings. The zero-order valence-electron chi connectivity index (χ0n) is 10.7. The minimum absolute atomic E-state index is 0.202. The first kappa shape index (κ1) is 15.4. The normalized spacial score (nSPS) is 9.95. The SMILES string of the molecule is COC(=O)CCCCC(=O)OCC(=O)c1ccsc1. The number of thiophene rings is 1. The maximum atomic E-state index is 11.5. The predicted molar refractivity (Wildman–Crippen MR) is 70.1 cm³/mol. The largest absolute Gasteiger partial charge is 0.469 e. The number of ketones is 1. The van der Waals surface area contributed by atoms with Crippen molar-refractivity contribution in [3.8, 4) is 0 Å². The summed E-state index contributed by atoms with van der Waals surface area (Å²) >= 11 is 1.42. The van der Waals surface area contributed by atoms with Crippen LogP contribution in [0.2, 0.25) is 0 Å². The van der Waals surface area contributed by atoms with Gasteiger partial charge in [-0.15, -0.1) is 0 Å². The van der Waals surface area contributed by atoms with E-state index in [-0.39, 0.29) is 31.2 Å². The lowest BCUT2D eigenvalue weighted by Gasteiger charge is -2.03. The molecule has 0 radical (unpaired) electrons. The molecule has 0 amide bonds. The van der Waals surface area contributed by atoms with Crippen LogP contribution >= 0.6 is 11.3 Å². The molecule has 1 heterocycles. The molecule has 0 bridgehead atoms. The highest BCUT2D eigenvalue weighted by atomic mass is 32.1. The Labute approximate surface area is 115 Å². The molecule has 0 saturated heterocycles. The number of esters is 2. The van der Waals surface area contributed by atoms with Gasteiger partial charge in [-0.25, -0.2) is 0 Å². The number of carbonyl (C=O) groups is 3. The summed E-state index contributed by atoms with van der Waals surface area (Å²) in [6.07, 6.45) is 1.60. The first-order valence-electron chi connectivity index (χ1n) is 5.91. The van der Waals surface area contributed by atoms with E-state index >= 15 is 0 Å². The maximum Gasteiger partial charge on any atom is 0.306 e. The number of methoxy groups -OCH3 is 1. The molecule has 5 nitrogen and oxygen atoms in total. The van der Waals surface area contributed by atoms with Gasteiger partial charge in [-0.1, -0.05) is 0 Å². The monoisotopic (exact) mass is 284 g/mol. The summed E-state index contributed by atoms with van der Waals surface area (Å²) in [5, 5.41) is 3.51. The van der Waals surface area contributed by atoms with E-state index in [1.54, 1.807) is 16.8 Å². The summed E-state index contributed by atoms with van der Waals surface area (Å²) in [7, 11) is 1.33. The highest BCUT2D eigenvalue weighted by Crippen LogP contribution is 2.08. The number of Topliss-reactive ketones (excluding diaryl/α,β-unsaturated/α-hetero) is 1. The zero-order chi connectivity index (χ0) is 14.1. The van der Waals surface area contributed by atoms with Crippen LogP contribution in [0, 0.1) is 0 Å². The van der Waals surface area contributed by atoms with Gasteiger partial charge >= 0.3 is 11.9 Å². The molecule has 0 unspecified atom stereocenters. The van der Waals surface area contributed by atoms with Gasteiger partial charge in [-0.05, 0) is 24.3 Å². The molecule has 0 spiro atoms. The first-order valence-corrected chi connectivity index (χ1v) is 6.85. The van der Waals surface area contributed by atoms with Crippen molar-refractivity contribution < 1.29 is 23.9 Å². The van der Waals surface area contributed by atoms with E-state index in [9.17, 15) is 14.4 Å². The average Bonchev–Trinajstić information content (AvgIpc) is 2.94.